The van der Waals surface area contributed by atoms with Crippen LogP contribution < -0.4 is 5.32 Å². The van der Waals surface area contributed by atoms with Crippen molar-refractivity contribution in [2.45, 2.75) is 26.7 Å². The number of aryl methyl sites for hydroxylation is 2. The summed E-state index contributed by atoms with van der Waals surface area (Å²) in [5, 5.41) is 10.1. The predicted octanol–water partition coefficient (Wildman–Crippen LogP) is 2.99. The summed E-state index contributed by atoms with van der Waals surface area (Å²) in [5.74, 6) is 1.47. The van der Waals surface area contributed by atoms with Crippen LogP contribution in [0, 0.1) is 13.8 Å². The standard InChI is InChI=1S/C20H22N4O/c1-14-6-8-17(9-7-14)20-22-18(23-24-20)10-11-21-19(25)13-16-5-3-4-15(2)12-16/h3-9,12H,10-11,13H2,1-2H3,(H,21,25)(H,22,23,24). The van der Waals surface area contributed by atoms with E-state index in [0.717, 1.165) is 22.5 Å². The Morgan fingerprint density at radius 3 is 2.64 bits per heavy atom. The van der Waals surface area contributed by atoms with Gasteiger partial charge in [0.25, 0.3) is 0 Å². The summed E-state index contributed by atoms with van der Waals surface area (Å²) in [6.45, 7) is 4.61. The Hall–Kier alpha value is -2.95. The zero-order valence-electron chi connectivity index (χ0n) is 14.5. The second-order valence-corrected chi connectivity index (χ2v) is 6.24. The number of aromatic nitrogens is 3. The van der Waals surface area contributed by atoms with Gasteiger partial charge < -0.3 is 5.32 Å². The first-order chi connectivity index (χ1) is 12.1. The Labute approximate surface area is 147 Å². The molecule has 0 spiro atoms. The minimum absolute atomic E-state index is 0.0175. The first-order valence-corrected chi connectivity index (χ1v) is 8.41. The molecule has 25 heavy (non-hydrogen) atoms. The zero-order valence-corrected chi connectivity index (χ0v) is 14.5. The van der Waals surface area contributed by atoms with Crippen molar-refractivity contribution in [3.05, 3.63) is 71.0 Å². The Morgan fingerprint density at radius 2 is 1.88 bits per heavy atom. The summed E-state index contributed by atoms with van der Waals surface area (Å²) in [6.07, 6.45) is 1.02. The van der Waals surface area contributed by atoms with E-state index in [0.29, 0.717) is 25.2 Å². The summed E-state index contributed by atoms with van der Waals surface area (Å²) in [7, 11) is 0. The maximum Gasteiger partial charge on any atom is 0.224 e. The fourth-order valence-electron chi connectivity index (χ4n) is 2.63. The maximum atomic E-state index is 12.0. The summed E-state index contributed by atoms with van der Waals surface area (Å²) in [6, 6.07) is 16.1. The van der Waals surface area contributed by atoms with Crippen molar-refractivity contribution in [3.8, 4) is 11.4 Å². The van der Waals surface area contributed by atoms with Crippen molar-refractivity contribution in [2.24, 2.45) is 0 Å². The molecule has 1 amide bonds. The third kappa shape index (κ3) is 4.76. The highest BCUT2D eigenvalue weighted by Gasteiger charge is 2.07. The fraction of sp³-hybridized carbons (Fsp3) is 0.250. The van der Waals surface area contributed by atoms with Gasteiger partial charge in [0.15, 0.2) is 5.82 Å². The number of benzene rings is 2. The van der Waals surface area contributed by atoms with Gasteiger partial charge in [-0.15, -0.1) is 0 Å². The van der Waals surface area contributed by atoms with E-state index in [4.69, 9.17) is 0 Å². The monoisotopic (exact) mass is 334 g/mol. The number of hydrogen-bond acceptors (Lipinski definition) is 3. The van der Waals surface area contributed by atoms with Gasteiger partial charge in [0.05, 0.1) is 6.42 Å². The van der Waals surface area contributed by atoms with Gasteiger partial charge in [0.1, 0.15) is 5.82 Å². The van der Waals surface area contributed by atoms with Crippen molar-refractivity contribution >= 4 is 5.91 Å². The van der Waals surface area contributed by atoms with E-state index in [1.54, 1.807) is 0 Å². The third-order valence-corrected chi connectivity index (χ3v) is 3.97. The Balaban J connectivity index is 1.49. The Morgan fingerprint density at radius 1 is 1.08 bits per heavy atom. The first kappa shape index (κ1) is 16.9. The molecule has 3 aromatic rings. The van der Waals surface area contributed by atoms with Crippen LogP contribution in [0.2, 0.25) is 0 Å². The second-order valence-electron chi connectivity index (χ2n) is 6.24. The molecule has 5 heteroatoms. The van der Waals surface area contributed by atoms with Gasteiger partial charge in [-0.2, -0.15) is 5.10 Å². The minimum Gasteiger partial charge on any atom is -0.355 e. The van der Waals surface area contributed by atoms with Crippen LogP contribution in [0.25, 0.3) is 11.4 Å². The van der Waals surface area contributed by atoms with Crippen LogP contribution in [0.1, 0.15) is 22.5 Å². The van der Waals surface area contributed by atoms with Gasteiger partial charge in [-0.05, 0) is 19.4 Å². The van der Waals surface area contributed by atoms with E-state index >= 15 is 0 Å². The van der Waals surface area contributed by atoms with Crippen LogP contribution >= 0.6 is 0 Å². The molecule has 128 valence electrons. The van der Waals surface area contributed by atoms with Crippen LogP contribution in [-0.4, -0.2) is 27.6 Å². The maximum absolute atomic E-state index is 12.0. The third-order valence-electron chi connectivity index (χ3n) is 3.97. The van der Waals surface area contributed by atoms with Gasteiger partial charge in [-0.1, -0.05) is 59.7 Å². The van der Waals surface area contributed by atoms with Crippen molar-refractivity contribution in [1.82, 2.24) is 20.5 Å². The van der Waals surface area contributed by atoms with E-state index in [2.05, 4.69) is 20.5 Å². The van der Waals surface area contributed by atoms with Gasteiger partial charge in [-0.3, -0.25) is 9.89 Å². The highest BCUT2D eigenvalue weighted by molar-refractivity contribution is 5.78. The highest BCUT2D eigenvalue weighted by atomic mass is 16.1. The van der Waals surface area contributed by atoms with E-state index in [1.165, 1.54) is 5.56 Å². The summed E-state index contributed by atoms with van der Waals surface area (Å²) >= 11 is 0. The van der Waals surface area contributed by atoms with E-state index < -0.39 is 0 Å². The van der Waals surface area contributed by atoms with E-state index in [-0.39, 0.29) is 5.91 Å². The first-order valence-electron chi connectivity index (χ1n) is 8.41. The lowest BCUT2D eigenvalue weighted by Gasteiger charge is -2.04. The summed E-state index contributed by atoms with van der Waals surface area (Å²) in [5.41, 5.74) is 4.38. The molecule has 0 unspecified atom stereocenters. The minimum atomic E-state index is 0.0175. The fourth-order valence-corrected chi connectivity index (χ4v) is 2.63. The molecule has 0 aliphatic carbocycles. The number of rotatable bonds is 6. The van der Waals surface area contributed by atoms with Crippen LogP contribution in [0.5, 0.6) is 0 Å². The molecule has 0 aliphatic heterocycles. The molecule has 3 rings (SSSR count). The molecule has 0 aliphatic rings. The number of aromatic amines is 1. The van der Waals surface area contributed by atoms with E-state index in [1.807, 2.05) is 62.4 Å². The Kier molecular flexibility index (Phi) is 5.23. The molecule has 0 radical (unpaired) electrons. The number of nitrogens with one attached hydrogen (secondary N) is 2. The lowest BCUT2D eigenvalue weighted by Crippen LogP contribution is -2.27. The van der Waals surface area contributed by atoms with Crippen molar-refractivity contribution in [1.29, 1.82) is 0 Å². The number of nitrogens with zero attached hydrogens (tertiary/aromatic N) is 2. The van der Waals surface area contributed by atoms with Crippen LogP contribution in [-0.2, 0) is 17.6 Å². The SMILES string of the molecule is Cc1ccc(-c2n[nH]c(CCNC(=O)Cc3cccc(C)c3)n2)cc1. The topological polar surface area (TPSA) is 70.7 Å². The van der Waals surface area contributed by atoms with Crippen molar-refractivity contribution in [2.75, 3.05) is 6.54 Å². The molecule has 2 aromatic carbocycles. The van der Waals surface area contributed by atoms with Gasteiger partial charge in [0, 0.05) is 18.5 Å². The average molecular weight is 334 g/mol. The molecule has 5 nitrogen and oxygen atoms in total. The van der Waals surface area contributed by atoms with Crippen molar-refractivity contribution < 1.29 is 4.79 Å². The van der Waals surface area contributed by atoms with Crippen LogP contribution in [0.3, 0.4) is 0 Å². The highest BCUT2D eigenvalue weighted by Crippen LogP contribution is 2.15. The molecule has 0 saturated carbocycles. The number of hydrogen-bond donors (Lipinski definition) is 2. The largest absolute Gasteiger partial charge is 0.355 e. The van der Waals surface area contributed by atoms with Crippen LogP contribution in [0.15, 0.2) is 48.5 Å². The average Bonchev–Trinajstić information content (AvgIpc) is 3.04. The molecule has 0 bridgehead atoms. The predicted molar refractivity (Wildman–Crippen MR) is 98.2 cm³/mol. The quantitative estimate of drug-likeness (QED) is 0.728. The van der Waals surface area contributed by atoms with Gasteiger partial charge >= 0.3 is 0 Å². The molecule has 1 aromatic heterocycles. The number of carbonyl (C=O) groups excluding carboxylic acids is 1. The zero-order chi connectivity index (χ0) is 17.6. The van der Waals surface area contributed by atoms with E-state index in [9.17, 15) is 4.79 Å². The molecule has 0 saturated heterocycles. The van der Waals surface area contributed by atoms with Crippen molar-refractivity contribution in [3.63, 3.8) is 0 Å². The summed E-state index contributed by atoms with van der Waals surface area (Å²) in [4.78, 5) is 16.5. The number of carbonyl (C=O) groups is 1. The molecule has 1 heterocycles. The lowest BCUT2D eigenvalue weighted by atomic mass is 10.1. The molecule has 0 atom stereocenters. The second kappa shape index (κ2) is 7.75. The Bertz CT molecular complexity index is 852. The molecular formula is C20H22N4O. The van der Waals surface area contributed by atoms with Gasteiger partial charge in [-0.25, -0.2) is 4.98 Å². The summed E-state index contributed by atoms with van der Waals surface area (Å²) < 4.78 is 0. The van der Waals surface area contributed by atoms with Crippen LogP contribution in [0.4, 0.5) is 0 Å². The van der Waals surface area contributed by atoms with Gasteiger partial charge in [0.2, 0.25) is 5.91 Å². The molecule has 0 fully saturated rings. The molecular weight excluding hydrogens is 312 g/mol. The number of H-pyrrole nitrogens is 1. The molecule has 2 N–H and O–H groups in total. The lowest BCUT2D eigenvalue weighted by molar-refractivity contribution is -0.120. The normalized spacial score (nSPS) is 10.6. The smallest absolute Gasteiger partial charge is 0.224 e. The number of amides is 1.